The second kappa shape index (κ2) is 10.5. The van der Waals surface area contributed by atoms with E-state index in [9.17, 15) is 9.59 Å². The number of carbonyl (C=O) groups excluding carboxylic acids is 2. The van der Waals surface area contributed by atoms with Gasteiger partial charge in [0.25, 0.3) is 5.91 Å². The second-order valence-corrected chi connectivity index (χ2v) is 8.72. The van der Waals surface area contributed by atoms with Gasteiger partial charge >= 0.3 is 6.03 Å². The summed E-state index contributed by atoms with van der Waals surface area (Å²) < 4.78 is 0. The average molecular weight is 428 g/mol. The van der Waals surface area contributed by atoms with Crippen LogP contribution in [0.1, 0.15) is 54.9 Å². The number of hydrogen-bond acceptors (Lipinski definition) is 2. The first-order valence-electron chi connectivity index (χ1n) is 10.6. The number of nitrogens with one attached hydrogen (secondary N) is 2. The molecule has 1 aliphatic rings. The molecule has 160 valence electrons. The zero-order valence-corrected chi connectivity index (χ0v) is 18.4. The van der Waals surface area contributed by atoms with Crippen LogP contribution in [-0.2, 0) is 0 Å². The van der Waals surface area contributed by atoms with Crippen LogP contribution in [0.2, 0.25) is 5.02 Å². The van der Waals surface area contributed by atoms with E-state index in [1.165, 1.54) is 0 Å². The van der Waals surface area contributed by atoms with Gasteiger partial charge in [0.2, 0.25) is 0 Å². The van der Waals surface area contributed by atoms with Crippen LogP contribution in [-0.4, -0.2) is 36.5 Å². The summed E-state index contributed by atoms with van der Waals surface area (Å²) in [4.78, 5) is 27.0. The number of urea groups is 1. The first-order valence-corrected chi connectivity index (χ1v) is 11.0. The molecule has 0 spiro atoms. The van der Waals surface area contributed by atoms with Crippen LogP contribution in [0.3, 0.4) is 0 Å². The van der Waals surface area contributed by atoms with E-state index in [1.807, 2.05) is 23.1 Å². The number of rotatable bonds is 6. The fourth-order valence-electron chi connectivity index (χ4n) is 3.68. The van der Waals surface area contributed by atoms with Gasteiger partial charge in [0, 0.05) is 41.8 Å². The van der Waals surface area contributed by atoms with Crippen molar-refractivity contribution in [3.8, 4) is 0 Å². The third-order valence-corrected chi connectivity index (χ3v) is 5.68. The fraction of sp³-hybridized carbons (Fsp3) is 0.417. The number of likely N-dealkylation sites (tertiary alicyclic amines) is 1. The largest absolute Gasteiger partial charge is 0.352 e. The molecule has 1 heterocycles. The first kappa shape index (κ1) is 22.2. The Labute approximate surface area is 183 Å². The lowest BCUT2D eigenvalue weighted by atomic mass is 9.89. The van der Waals surface area contributed by atoms with Gasteiger partial charge in [-0.3, -0.25) is 4.79 Å². The van der Waals surface area contributed by atoms with E-state index in [2.05, 4.69) is 30.5 Å². The second-order valence-electron chi connectivity index (χ2n) is 8.29. The van der Waals surface area contributed by atoms with Crippen molar-refractivity contribution < 1.29 is 9.59 Å². The lowest BCUT2D eigenvalue weighted by Gasteiger charge is -2.33. The van der Waals surface area contributed by atoms with Crippen molar-refractivity contribution in [2.45, 2.75) is 39.0 Å². The topological polar surface area (TPSA) is 61.4 Å². The van der Waals surface area contributed by atoms with Crippen molar-refractivity contribution in [3.63, 3.8) is 0 Å². The van der Waals surface area contributed by atoms with E-state index in [4.69, 9.17) is 11.6 Å². The summed E-state index contributed by atoms with van der Waals surface area (Å²) >= 11 is 5.91. The summed E-state index contributed by atoms with van der Waals surface area (Å²) in [6.45, 7) is 6.33. The van der Waals surface area contributed by atoms with Crippen molar-refractivity contribution in [1.82, 2.24) is 10.2 Å². The molecule has 0 radical (unpaired) electrons. The van der Waals surface area contributed by atoms with E-state index in [0.717, 1.165) is 37.1 Å². The maximum absolute atomic E-state index is 12.7. The van der Waals surface area contributed by atoms with E-state index < -0.39 is 0 Å². The molecular weight excluding hydrogens is 398 g/mol. The maximum Gasteiger partial charge on any atom is 0.321 e. The van der Waals surface area contributed by atoms with Gasteiger partial charge in [-0.2, -0.15) is 0 Å². The highest BCUT2D eigenvalue weighted by atomic mass is 35.5. The summed E-state index contributed by atoms with van der Waals surface area (Å²) in [5.74, 6) is 0.743. The summed E-state index contributed by atoms with van der Waals surface area (Å²) in [6.07, 6.45) is 2.90. The van der Waals surface area contributed by atoms with E-state index in [1.54, 1.807) is 24.3 Å². The van der Waals surface area contributed by atoms with Crippen LogP contribution in [0.25, 0.3) is 0 Å². The van der Waals surface area contributed by atoms with Crippen LogP contribution in [0.15, 0.2) is 48.5 Å². The minimum absolute atomic E-state index is 0.0364. The monoisotopic (exact) mass is 427 g/mol. The molecule has 3 amide bonds. The predicted molar refractivity (Wildman–Crippen MR) is 122 cm³/mol. The Morgan fingerprint density at radius 1 is 1.17 bits per heavy atom. The Morgan fingerprint density at radius 2 is 1.93 bits per heavy atom. The Balaban J connectivity index is 1.61. The number of nitrogens with zero attached hydrogens (tertiary/aromatic N) is 1. The number of anilines is 1. The number of benzene rings is 2. The zero-order chi connectivity index (χ0) is 21.5. The van der Waals surface area contributed by atoms with Gasteiger partial charge in [-0.25, -0.2) is 4.79 Å². The molecule has 2 N–H and O–H groups in total. The Hall–Kier alpha value is -2.53. The Bertz CT molecular complexity index is 867. The number of piperidine rings is 1. The SMILES string of the molecule is CC(C)CCNC(=O)c1cccc([C@H]2CCCN(C(=O)Nc3ccc(Cl)cc3)C2)c1. The predicted octanol–water partition coefficient (Wildman–Crippen LogP) is 5.53. The molecule has 0 unspecified atom stereocenters. The van der Waals surface area contributed by atoms with Gasteiger partial charge in [-0.05, 0) is 67.1 Å². The molecule has 0 aromatic heterocycles. The molecule has 0 aliphatic carbocycles. The molecule has 1 aliphatic heterocycles. The van der Waals surface area contributed by atoms with Crippen LogP contribution in [0, 0.1) is 5.92 Å². The minimum Gasteiger partial charge on any atom is -0.352 e. The van der Waals surface area contributed by atoms with Crippen LogP contribution in [0.5, 0.6) is 0 Å². The van der Waals surface area contributed by atoms with Crippen molar-refractivity contribution >= 4 is 29.2 Å². The van der Waals surface area contributed by atoms with Crippen molar-refractivity contribution in [3.05, 3.63) is 64.7 Å². The van der Waals surface area contributed by atoms with E-state index in [0.29, 0.717) is 29.6 Å². The van der Waals surface area contributed by atoms with Crippen molar-refractivity contribution in [1.29, 1.82) is 0 Å². The molecule has 0 saturated carbocycles. The van der Waals surface area contributed by atoms with Gasteiger partial charge in [0.1, 0.15) is 0 Å². The molecule has 2 aromatic rings. The number of halogens is 1. The summed E-state index contributed by atoms with van der Waals surface area (Å²) in [7, 11) is 0. The summed E-state index contributed by atoms with van der Waals surface area (Å²) in [5, 5.41) is 6.57. The quantitative estimate of drug-likeness (QED) is 0.636. The molecule has 1 saturated heterocycles. The number of hydrogen-bond donors (Lipinski definition) is 2. The third-order valence-electron chi connectivity index (χ3n) is 5.43. The summed E-state index contributed by atoms with van der Waals surface area (Å²) in [5.41, 5.74) is 2.51. The highest BCUT2D eigenvalue weighted by Crippen LogP contribution is 2.28. The lowest BCUT2D eigenvalue weighted by Crippen LogP contribution is -2.41. The molecule has 6 heteroatoms. The fourth-order valence-corrected chi connectivity index (χ4v) is 3.81. The highest BCUT2D eigenvalue weighted by Gasteiger charge is 2.25. The molecular formula is C24H30ClN3O2. The Morgan fingerprint density at radius 3 is 2.67 bits per heavy atom. The smallest absolute Gasteiger partial charge is 0.321 e. The molecule has 5 nitrogen and oxygen atoms in total. The molecule has 3 rings (SSSR count). The van der Waals surface area contributed by atoms with Crippen molar-refractivity contribution in [2.24, 2.45) is 5.92 Å². The minimum atomic E-state index is -0.107. The van der Waals surface area contributed by atoms with Gasteiger partial charge in [-0.15, -0.1) is 0 Å². The zero-order valence-electron chi connectivity index (χ0n) is 17.7. The van der Waals surface area contributed by atoms with E-state index >= 15 is 0 Å². The molecule has 30 heavy (non-hydrogen) atoms. The summed E-state index contributed by atoms with van der Waals surface area (Å²) in [6, 6.07) is 14.8. The van der Waals surface area contributed by atoms with Gasteiger partial charge in [-0.1, -0.05) is 37.6 Å². The normalized spacial score (nSPS) is 16.4. The highest BCUT2D eigenvalue weighted by molar-refractivity contribution is 6.30. The molecule has 0 bridgehead atoms. The number of carbonyl (C=O) groups is 2. The Kier molecular flexibility index (Phi) is 7.75. The van der Waals surface area contributed by atoms with Crippen molar-refractivity contribution in [2.75, 3.05) is 25.0 Å². The maximum atomic E-state index is 12.7. The molecule has 1 atom stereocenters. The van der Waals surface area contributed by atoms with Gasteiger partial charge < -0.3 is 15.5 Å². The van der Waals surface area contributed by atoms with Crippen LogP contribution < -0.4 is 10.6 Å². The van der Waals surface area contributed by atoms with E-state index in [-0.39, 0.29) is 17.9 Å². The van der Waals surface area contributed by atoms with Crippen LogP contribution >= 0.6 is 11.6 Å². The lowest BCUT2D eigenvalue weighted by molar-refractivity contribution is 0.0951. The average Bonchev–Trinajstić information content (AvgIpc) is 2.75. The van der Waals surface area contributed by atoms with Gasteiger partial charge in [0.05, 0.1) is 0 Å². The molecule has 2 aromatic carbocycles. The third kappa shape index (κ3) is 6.23. The first-order chi connectivity index (χ1) is 14.4. The number of amides is 3. The molecule has 1 fully saturated rings. The standard InChI is InChI=1S/C24H30ClN3O2/c1-17(2)12-13-26-23(29)19-6-3-5-18(15-19)20-7-4-14-28(16-20)24(30)27-22-10-8-21(25)9-11-22/h3,5-6,8-11,15,17,20H,4,7,12-14,16H2,1-2H3,(H,26,29)(H,27,30)/t20-/m0/s1. The van der Waals surface area contributed by atoms with Gasteiger partial charge in [0.15, 0.2) is 0 Å². The van der Waals surface area contributed by atoms with Crippen LogP contribution in [0.4, 0.5) is 10.5 Å².